The predicted molar refractivity (Wildman–Crippen MR) is 83.6 cm³/mol. The Bertz CT molecular complexity index is 545. The zero-order valence-corrected chi connectivity index (χ0v) is 14.0. The summed E-state index contributed by atoms with van der Waals surface area (Å²) in [6.07, 6.45) is 1.46. The third-order valence-electron chi connectivity index (χ3n) is 4.07. The van der Waals surface area contributed by atoms with Gasteiger partial charge in [-0.05, 0) is 7.05 Å². The molecule has 8 nitrogen and oxygen atoms in total. The van der Waals surface area contributed by atoms with Gasteiger partial charge in [-0.1, -0.05) is 12.1 Å². The molecule has 1 N–H and O–H groups in total. The van der Waals surface area contributed by atoms with E-state index in [0.29, 0.717) is 50.6 Å². The highest BCUT2D eigenvalue weighted by atomic mass is 16.5. The molecule has 128 valence electrons. The second-order valence-electron chi connectivity index (χ2n) is 5.87. The lowest BCUT2D eigenvalue weighted by Gasteiger charge is -2.23. The molecule has 2 amide bonds. The number of carbonyl (C=O) groups excluding carboxylic acids is 2. The summed E-state index contributed by atoms with van der Waals surface area (Å²) >= 11 is 0. The van der Waals surface area contributed by atoms with Crippen LogP contribution in [0, 0.1) is 5.92 Å². The zero-order valence-electron chi connectivity index (χ0n) is 14.0. The number of aromatic nitrogens is 2. The minimum absolute atomic E-state index is 0.0189. The number of aryl methyl sites for hydroxylation is 2. The molecule has 0 radical (unpaired) electrons. The van der Waals surface area contributed by atoms with Crippen molar-refractivity contribution in [1.82, 2.24) is 25.3 Å². The Kier molecular flexibility index (Phi) is 6.09. The van der Waals surface area contributed by atoms with Gasteiger partial charge in [-0.2, -0.15) is 4.98 Å². The van der Waals surface area contributed by atoms with Crippen LogP contribution in [0.5, 0.6) is 0 Å². The Morgan fingerprint density at radius 3 is 2.78 bits per heavy atom. The molecular weight excluding hydrogens is 298 g/mol. The third kappa shape index (κ3) is 4.75. The van der Waals surface area contributed by atoms with Gasteiger partial charge < -0.3 is 19.6 Å². The molecule has 0 aliphatic carbocycles. The third-order valence-corrected chi connectivity index (χ3v) is 4.07. The van der Waals surface area contributed by atoms with Crippen molar-refractivity contribution in [2.75, 3.05) is 40.3 Å². The van der Waals surface area contributed by atoms with Gasteiger partial charge in [0.25, 0.3) is 0 Å². The Morgan fingerprint density at radius 1 is 1.35 bits per heavy atom. The molecule has 23 heavy (non-hydrogen) atoms. The Balaban J connectivity index is 1.92. The normalized spacial score (nSPS) is 19.4. The summed E-state index contributed by atoms with van der Waals surface area (Å²) in [7, 11) is 3.59. The van der Waals surface area contributed by atoms with Crippen LogP contribution < -0.4 is 5.32 Å². The van der Waals surface area contributed by atoms with E-state index in [1.165, 1.54) is 0 Å². The quantitative estimate of drug-likeness (QED) is 0.800. The topological polar surface area (TPSA) is 91.6 Å². The van der Waals surface area contributed by atoms with Crippen LogP contribution in [0.25, 0.3) is 0 Å². The first-order valence-corrected chi connectivity index (χ1v) is 8.02. The van der Waals surface area contributed by atoms with Crippen LogP contribution in [0.3, 0.4) is 0 Å². The first-order chi connectivity index (χ1) is 11.0. The first-order valence-electron chi connectivity index (χ1n) is 8.02. The van der Waals surface area contributed by atoms with Crippen LogP contribution in [0.2, 0.25) is 0 Å². The second-order valence-corrected chi connectivity index (χ2v) is 5.87. The Labute approximate surface area is 136 Å². The van der Waals surface area contributed by atoms with Gasteiger partial charge in [-0.3, -0.25) is 9.59 Å². The molecule has 1 aromatic heterocycles. The minimum Gasteiger partial charge on any atom is -0.359 e. The van der Waals surface area contributed by atoms with Crippen LogP contribution in [-0.2, 0) is 22.4 Å². The SMILES string of the molecule is CCc1noc(CCC(=O)N2CCN(C)C[C@H](C(=O)NC)C2)n1. The van der Waals surface area contributed by atoms with Gasteiger partial charge in [0.1, 0.15) is 0 Å². The average Bonchev–Trinajstić information content (AvgIpc) is 2.93. The molecule has 0 aromatic carbocycles. The smallest absolute Gasteiger partial charge is 0.227 e. The van der Waals surface area contributed by atoms with Gasteiger partial charge in [0.05, 0.1) is 5.92 Å². The standard InChI is InChI=1S/C15H25N5O3/c1-4-12-17-13(23-18-12)5-6-14(21)20-8-7-19(3)9-11(10-20)15(22)16-2/h11H,4-10H2,1-3H3,(H,16,22)/t11-/m0/s1. The van der Waals surface area contributed by atoms with Crippen molar-refractivity contribution in [2.24, 2.45) is 5.92 Å². The molecule has 1 atom stereocenters. The molecule has 0 unspecified atom stereocenters. The molecule has 2 heterocycles. The lowest BCUT2D eigenvalue weighted by molar-refractivity contribution is -0.132. The number of amides is 2. The maximum atomic E-state index is 12.4. The monoisotopic (exact) mass is 323 g/mol. The van der Waals surface area contributed by atoms with E-state index in [-0.39, 0.29) is 17.7 Å². The van der Waals surface area contributed by atoms with E-state index >= 15 is 0 Å². The average molecular weight is 323 g/mol. The Morgan fingerprint density at radius 2 is 2.13 bits per heavy atom. The maximum absolute atomic E-state index is 12.4. The molecule has 0 bridgehead atoms. The summed E-state index contributed by atoms with van der Waals surface area (Å²) in [4.78, 5) is 32.4. The second kappa shape index (κ2) is 8.05. The molecular formula is C15H25N5O3. The van der Waals surface area contributed by atoms with E-state index in [2.05, 4.69) is 20.4 Å². The molecule has 8 heteroatoms. The zero-order chi connectivity index (χ0) is 16.8. The maximum Gasteiger partial charge on any atom is 0.227 e. The summed E-state index contributed by atoms with van der Waals surface area (Å²) in [6, 6.07) is 0. The molecule has 1 aromatic rings. The van der Waals surface area contributed by atoms with Crippen LogP contribution in [0.1, 0.15) is 25.1 Å². The van der Waals surface area contributed by atoms with Crippen molar-refractivity contribution in [3.8, 4) is 0 Å². The number of likely N-dealkylation sites (N-methyl/N-ethyl adjacent to an activating group) is 1. The van der Waals surface area contributed by atoms with E-state index in [1.54, 1.807) is 11.9 Å². The van der Waals surface area contributed by atoms with Gasteiger partial charge >= 0.3 is 0 Å². The van der Waals surface area contributed by atoms with E-state index < -0.39 is 0 Å². The number of nitrogens with one attached hydrogen (secondary N) is 1. The van der Waals surface area contributed by atoms with E-state index in [0.717, 1.165) is 6.54 Å². The molecule has 1 saturated heterocycles. The fourth-order valence-electron chi connectivity index (χ4n) is 2.68. The molecule has 0 spiro atoms. The van der Waals surface area contributed by atoms with Crippen molar-refractivity contribution in [2.45, 2.75) is 26.2 Å². The summed E-state index contributed by atoms with van der Waals surface area (Å²) in [6.45, 7) is 4.46. The van der Waals surface area contributed by atoms with Crippen molar-refractivity contribution in [3.63, 3.8) is 0 Å². The fourth-order valence-corrected chi connectivity index (χ4v) is 2.68. The van der Waals surface area contributed by atoms with Gasteiger partial charge in [0, 0.05) is 52.5 Å². The van der Waals surface area contributed by atoms with Gasteiger partial charge in [0.2, 0.25) is 17.7 Å². The van der Waals surface area contributed by atoms with Crippen LogP contribution in [0.4, 0.5) is 0 Å². The summed E-state index contributed by atoms with van der Waals surface area (Å²) in [5.41, 5.74) is 0. The molecule has 1 aliphatic rings. The number of hydrogen-bond acceptors (Lipinski definition) is 6. The molecule has 2 rings (SSSR count). The highest BCUT2D eigenvalue weighted by Crippen LogP contribution is 2.11. The number of carbonyl (C=O) groups is 2. The minimum atomic E-state index is -0.202. The highest BCUT2D eigenvalue weighted by Gasteiger charge is 2.28. The lowest BCUT2D eigenvalue weighted by Crippen LogP contribution is -2.41. The number of rotatable bonds is 5. The van der Waals surface area contributed by atoms with E-state index in [4.69, 9.17) is 4.52 Å². The first kappa shape index (κ1) is 17.4. The van der Waals surface area contributed by atoms with Crippen LogP contribution in [0.15, 0.2) is 4.52 Å². The van der Waals surface area contributed by atoms with E-state index in [9.17, 15) is 9.59 Å². The predicted octanol–water partition coefficient (Wildman–Crippen LogP) is -0.299. The van der Waals surface area contributed by atoms with Crippen molar-refractivity contribution in [3.05, 3.63) is 11.7 Å². The lowest BCUT2D eigenvalue weighted by atomic mass is 10.1. The van der Waals surface area contributed by atoms with Crippen LogP contribution >= 0.6 is 0 Å². The van der Waals surface area contributed by atoms with Crippen LogP contribution in [-0.4, -0.2) is 72.0 Å². The number of nitrogens with zero attached hydrogens (tertiary/aromatic N) is 4. The van der Waals surface area contributed by atoms with Crippen molar-refractivity contribution >= 4 is 11.8 Å². The summed E-state index contributed by atoms with van der Waals surface area (Å²) in [5, 5.41) is 6.50. The largest absolute Gasteiger partial charge is 0.359 e. The molecule has 0 saturated carbocycles. The number of hydrogen-bond donors (Lipinski definition) is 1. The van der Waals surface area contributed by atoms with Gasteiger partial charge in [-0.25, -0.2) is 0 Å². The van der Waals surface area contributed by atoms with Gasteiger partial charge in [-0.15, -0.1) is 0 Å². The van der Waals surface area contributed by atoms with E-state index in [1.807, 2.05) is 14.0 Å². The van der Waals surface area contributed by atoms with Crippen molar-refractivity contribution in [1.29, 1.82) is 0 Å². The van der Waals surface area contributed by atoms with Gasteiger partial charge in [0.15, 0.2) is 5.82 Å². The molecule has 1 fully saturated rings. The highest BCUT2D eigenvalue weighted by molar-refractivity contribution is 5.81. The van der Waals surface area contributed by atoms with Crippen molar-refractivity contribution < 1.29 is 14.1 Å². The fraction of sp³-hybridized carbons (Fsp3) is 0.733. The summed E-state index contributed by atoms with van der Waals surface area (Å²) in [5.74, 6) is 0.937. The Hall–Kier alpha value is -1.96. The summed E-state index contributed by atoms with van der Waals surface area (Å²) < 4.78 is 5.11. The molecule has 1 aliphatic heterocycles.